The summed E-state index contributed by atoms with van der Waals surface area (Å²) in [6.45, 7) is 5.81. The van der Waals surface area contributed by atoms with Gasteiger partial charge in [-0.3, -0.25) is 19.4 Å². The summed E-state index contributed by atoms with van der Waals surface area (Å²) in [5.41, 5.74) is -0.892. The number of carbonyl (C=O) groups is 3. The number of ether oxygens (including phenoxy) is 1. The molecule has 1 aliphatic carbocycles. The van der Waals surface area contributed by atoms with Crippen molar-refractivity contribution in [2.45, 2.75) is 45.6 Å². The van der Waals surface area contributed by atoms with Gasteiger partial charge in [0.1, 0.15) is 40.0 Å². The number of carbonyl (C=O) groups excluding carboxylic acids is 3. The summed E-state index contributed by atoms with van der Waals surface area (Å²) in [7, 11) is 0. The summed E-state index contributed by atoms with van der Waals surface area (Å²) < 4.78 is 11.4. The van der Waals surface area contributed by atoms with Crippen LogP contribution in [0.2, 0.25) is 0 Å². The molecule has 0 amide bonds. The van der Waals surface area contributed by atoms with Crippen LogP contribution in [0.25, 0.3) is 11.4 Å². The molecule has 1 aromatic carbocycles. The Bertz CT molecular complexity index is 1660. The van der Waals surface area contributed by atoms with E-state index in [2.05, 4.69) is 20.4 Å². The predicted molar refractivity (Wildman–Crippen MR) is 150 cm³/mol. The van der Waals surface area contributed by atoms with Gasteiger partial charge in [0, 0.05) is 35.3 Å². The Balaban J connectivity index is 1.56. The first kappa shape index (κ1) is 28.1. The fraction of sp³-hybridized carbons (Fsp3) is 0.310. The molecule has 3 aromatic rings. The first-order chi connectivity index (χ1) is 19.5. The molecule has 2 aromatic heterocycles. The molecule has 0 saturated heterocycles. The minimum atomic E-state index is -1.61. The lowest BCUT2D eigenvalue weighted by atomic mass is 9.70. The maximum atomic E-state index is 14.1. The zero-order valence-corrected chi connectivity index (χ0v) is 23.9. The van der Waals surface area contributed by atoms with E-state index in [1.54, 1.807) is 43.2 Å². The van der Waals surface area contributed by atoms with Gasteiger partial charge >= 0.3 is 0 Å². The molecule has 0 saturated carbocycles. The second-order valence-corrected chi connectivity index (χ2v) is 11.0. The molecular formula is C29H28N4O7S. The average molecular weight is 577 g/mol. The van der Waals surface area contributed by atoms with Crippen molar-refractivity contribution in [2.24, 2.45) is 0 Å². The van der Waals surface area contributed by atoms with Gasteiger partial charge in [-0.2, -0.15) is 16.7 Å². The number of hydrogen-bond acceptors (Lipinski definition) is 12. The molecule has 0 radical (unpaired) electrons. The molecule has 2 atom stereocenters. The van der Waals surface area contributed by atoms with E-state index in [0.29, 0.717) is 17.8 Å². The third-order valence-electron chi connectivity index (χ3n) is 7.42. The van der Waals surface area contributed by atoms with E-state index in [4.69, 9.17) is 9.26 Å². The van der Waals surface area contributed by atoms with E-state index in [1.807, 2.05) is 6.26 Å². The number of ketones is 3. The number of hydrogen-bond donors (Lipinski definition) is 3. The Morgan fingerprint density at radius 2 is 1.98 bits per heavy atom. The smallest absolute Gasteiger partial charge is 0.249 e. The van der Waals surface area contributed by atoms with Crippen LogP contribution in [0, 0.1) is 6.92 Å². The standard InChI is InChI=1S/C29H28N4O7S/c1-13-23(36)21(15(3)34)25-22(24(13)37)29(4)19(39-25)11-18(35)20(26(29)38)14(2)31-17(8-10-41-5)28-32-27(33-40-28)16-7-6-9-30-12-16/h6-7,9,11-12,17,31,36-37H,8,10H2,1-5H3/t17?,29-/m0/s1. The lowest BCUT2D eigenvalue weighted by molar-refractivity contribution is -0.123. The zero-order chi connectivity index (χ0) is 29.6. The highest BCUT2D eigenvalue weighted by Crippen LogP contribution is 2.57. The second kappa shape index (κ2) is 10.5. The van der Waals surface area contributed by atoms with E-state index in [-0.39, 0.29) is 51.1 Å². The molecule has 3 N–H and O–H groups in total. The van der Waals surface area contributed by atoms with Crippen LogP contribution in [0.5, 0.6) is 17.2 Å². The van der Waals surface area contributed by atoms with Crippen LogP contribution < -0.4 is 10.1 Å². The number of aromatic nitrogens is 3. The maximum Gasteiger partial charge on any atom is 0.249 e. The van der Waals surface area contributed by atoms with Crippen LogP contribution in [0.15, 0.2) is 52.2 Å². The third kappa shape index (κ3) is 4.48. The number of phenols is 2. The van der Waals surface area contributed by atoms with E-state index in [0.717, 1.165) is 5.75 Å². The number of pyridine rings is 1. The number of nitrogens with zero attached hydrogens (tertiary/aromatic N) is 3. The molecule has 1 unspecified atom stereocenters. The third-order valence-corrected chi connectivity index (χ3v) is 8.06. The molecule has 3 heterocycles. The summed E-state index contributed by atoms with van der Waals surface area (Å²) >= 11 is 1.61. The molecule has 1 aliphatic heterocycles. The maximum absolute atomic E-state index is 14.1. The van der Waals surface area contributed by atoms with E-state index in [9.17, 15) is 24.6 Å². The van der Waals surface area contributed by atoms with Crippen LogP contribution in [0.3, 0.4) is 0 Å². The van der Waals surface area contributed by atoms with Crippen LogP contribution in [-0.4, -0.2) is 54.7 Å². The number of thioether (sulfide) groups is 1. The monoisotopic (exact) mass is 576 g/mol. The minimum absolute atomic E-state index is 0.0289. The lowest BCUT2D eigenvalue weighted by Crippen LogP contribution is -2.41. The van der Waals surface area contributed by atoms with Crippen molar-refractivity contribution in [1.82, 2.24) is 20.4 Å². The highest BCUT2D eigenvalue weighted by molar-refractivity contribution is 7.98. The minimum Gasteiger partial charge on any atom is -0.507 e. The molecule has 212 valence electrons. The quantitative estimate of drug-likeness (QED) is 0.200. The highest BCUT2D eigenvalue weighted by atomic mass is 32.2. The summed E-state index contributed by atoms with van der Waals surface area (Å²) in [5.74, 6) is -1.36. The predicted octanol–water partition coefficient (Wildman–Crippen LogP) is 4.10. The van der Waals surface area contributed by atoms with Gasteiger partial charge in [0.15, 0.2) is 17.3 Å². The van der Waals surface area contributed by atoms with Gasteiger partial charge in [-0.1, -0.05) is 5.16 Å². The summed E-state index contributed by atoms with van der Waals surface area (Å²) in [5, 5.41) is 28.9. The van der Waals surface area contributed by atoms with E-state index < -0.39 is 34.6 Å². The fourth-order valence-electron chi connectivity index (χ4n) is 5.18. The molecule has 12 heteroatoms. The Kier molecular flexibility index (Phi) is 7.20. The van der Waals surface area contributed by atoms with Crippen molar-refractivity contribution < 1.29 is 33.9 Å². The van der Waals surface area contributed by atoms with Gasteiger partial charge in [0.2, 0.25) is 11.7 Å². The number of allylic oxidation sites excluding steroid dienone is 4. The van der Waals surface area contributed by atoms with Crippen molar-refractivity contribution in [2.75, 3.05) is 12.0 Å². The molecule has 0 bridgehead atoms. The Labute approximate surface area is 239 Å². The van der Waals surface area contributed by atoms with Gasteiger partial charge in [-0.15, -0.1) is 0 Å². The summed E-state index contributed by atoms with van der Waals surface area (Å²) in [6, 6.07) is 3.05. The van der Waals surface area contributed by atoms with Crippen LogP contribution in [-0.2, 0) is 15.0 Å². The SMILES string of the molecule is CSCCC(NC(C)=C1C(=O)C=C2Oc3c(C(C)=O)c(O)c(C)c(O)c3[C@@]2(C)C1=O)c1nc(-c2cccnc2)no1. The Morgan fingerprint density at radius 1 is 1.22 bits per heavy atom. The number of rotatable bonds is 8. The van der Waals surface area contributed by atoms with Crippen molar-refractivity contribution in [3.63, 3.8) is 0 Å². The van der Waals surface area contributed by atoms with Gasteiger partial charge in [0.25, 0.3) is 0 Å². The second-order valence-electron chi connectivity index (χ2n) is 10.1. The number of fused-ring (bicyclic) bond motifs is 3. The first-order valence-corrected chi connectivity index (χ1v) is 14.2. The van der Waals surface area contributed by atoms with Crippen LogP contribution >= 0.6 is 11.8 Å². The fourth-order valence-corrected chi connectivity index (χ4v) is 5.65. The molecule has 0 spiro atoms. The zero-order valence-electron chi connectivity index (χ0n) is 23.1. The van der Waals surface area contributed by atoms with Crippen molar-refractivity contribution in [3.8, 4) is 28.6 Å². The Hall–Kier alpha value is -4.45. The van der Waals surface area contributed by atoms with E-state index in [1.165, 1.54) is 26.8 Å². The van der Waals surface area contributed by atoms with Crippen molar-refractivity contribution in [3.05, 3.63) is 70.2 Å². The van der Waals surface area contributed by atoms with Crippen LogP contribution in [0.1, 0.15) is 60.6 Å². The highest BCUT2D eigenvalue weighted by Gasteiger charge is 2.56. The average Bonchev–Trinajstić information content (AvgIpc) is 3.54. The number of phenolic OH excluding ortho intramolecular Hbond substituents is 2. The topological polar surface area (TPSA) is 165 Å². The number of Topliss-reactive ketones (excluding diaryl/α,β-unsaturated/α-hetero) is 2. The molecule has 0 fully saturated rings. The largest absolute Gasteiger partial charge is 0.507 e. The molecule has 11 nitrogen and oxygen atoms in total. The van der Waals surface area contributed by atoms with Gasteiger partial charge in [-0.25, -0.2) is 0 Å². The van der Waals surface area contributed by atoms with Gasteiger partial charge in [0.05, 0.1) is 11.1 Å². The summed E-state index contributed by atoms with van der Waals surface area (Å²) in [6.07, 6.45) is 6.94. The number of aromatic hydroxyl groups is 2. The van der Waals surface area contributed by atoms with Crippen molar-refractivity contribution >= 4 is 29.1 Å². The molecule has 5 rings (SSSR count). The van der Waals surface area contributed by atoms with Gasteiger partial charge < -0.3 is 24.8 Å². The molecular weight excluding hydrogens is 548 g/mol. The number of benzene rings is 1. The normalized spacial score (nSPS) is 19.7. The molecule has 41 heavy (non-hydrogen) atoms. The molecule has 2 aliphatic rings. The summed E-state index contributed by atoms with van der Waals surface area (Å²) in [4.78, 5) is 48.5. The number of nitrogens with one attached hydrogen (secondary N) is 1. The van der Waals surface area contributed by atoms with Gasteiger partial charge in [-0.05, 0) is 58.3 Å². The van der Waals surface area contributed by atoms with Crippen LogP contribution in [0.4, 0.5) is 0 Å². The van der Waals surface area contributed by atoms with E-state index >= 15 is 0 Å². The Morgan fingerprint density at radius 3 is 2.63 bits per heavy atom. The first-order valence-electron chi connectivity index (χ1n) is 12.8. The van der Waals surface area contributed by atoms with Crippen molar-refractivity contribution in [1.29, 1.82) is 0 Å². The lowest BCUT2D eigenvalue weighted by Gasteiger charge is -2.29.